The van der Waals surface area contributed by atoms with Gasteiger partial charge in [-0.15, -0.1) is 0 Å². The minimum Gasteiger partial charge on any atom is -0.460 e. The first-order chi connectivity index (χ1) is 11.1. The normalized spacial score (nSPS) is 10.5. The Morgan fingerprint density at radius 1 is 1.30 bits per heavy atom. The molecule has 0 saturated carbocycles. The highest BCUT2D eigenvalue weighted by Crippen LogP contribution is 2.17. The average molecular weight is 323 g/mol. The Morgan fingerprint density at radius 2 is 2.13 bits per heavy atom. The number of methoxy groups -OCH3 is 1. The molecule has 0 radical (unpaired) electrons. The predicted molar refractivity (Wildman–Crippen MR) is 80.3 cm³/mol. The highest BCUT2D eigenvalue weighted by atomic mass is 16.6. The third-order valence-corrected chi connectivity index (χ3v) is 2.82. The van der Waals surface area contributed by atoms with E-state index in [0.29, 0.717) is 16.6 Å². The van der Waals surface area contributed by atoms with Gasteiger partial charge in [-0.3, -0.25) is 5.32 Å². The number of aliphatic hydroxyl groups excluding tert-OH is 1. The molecule has 0 spiro atoms. The lowest BCUT2D eigenvalue weighted by Crippen LogP contribution is -2.12. The lowest BCUT2D eigenvalue weighted by Gasteiger charge is -2.05. The summed E-state index contributed by atoms with van der Waals surface area (Å²) in [6.45, 7) is 0.431. The van der Waals surface area contributed by atoms with Gasteiger partial charge in [0, 0.05) is 0 Å². The Hall–Kier alpha value is -2.65. The molecule has 0 fully saturated rings. The van der Waals surface area contributed by atoms with Crippen molar-refractivity contribution in [3.05, 3.63) is 23.8 Å². The highest BCUT2D eigenvalue weighted by molar-refractivity contribution is 5.94. The van der Waals surface area contributed by atoms with Crippen LogP contribution in [0.25, 0.3) is 11.0 Å². The van der Waals surface area contributed by atoms with E-state index in [1.54, 1.807) is 18.2 Å². The van der Waals surface area contributed by atoms with Crippen LogP contribution >= 0.6 is 0 Å². The Kier molecular flexibility index (Phi) is 5.89. The van der Waals surface area contributed by atoms with E-state index >= 15 is 0 Å². The van der Waals surface area contributed by atoms with Gasteiger partial charge in [-0.1, -0.05) is 0 Å². The maximum absolute atomic E-state index is 11.9. The number of aromatic nitrogens is 2. The van der Waals surface area contributed by atoms with Gasteiger partial charge in [0.1, 0.15) is 6.61 Å². The fourth-order valence-electron chi connectivity index (χ4n) is 1.79. The molecule has 0 atom stereocenters. The van der Waals surface area contributed by atoms with Crippen LogP contribution in [0.3, 0.4) is 0 Å². The number of esters is 1. The molecule has 9 heteroatoms. The number of carbonyl (C=O) groups is 2. The van der Waals surface area contributed by atoms with E-state index in [4.69, 9.17) is 14.6 Å². The summed E-state index contributed by atoms with van der Waals surface area (Å²) in [5, 5.41) is 11.0. The second-order valence-electron chi connectivity index (χ2n) is 4.41. The summed E-state index contributed by atoms with van der Waals surface area (Å²) in [5.74, 6) is -0.286. The maximum Gasteiger partial charge on any atom is 0.413 e. The number of rotatable bonds is 7. The first-order valence-corrected chi connectivity index (χ1v) is 6.84. The third kappa shape index (κ3) is 4.66. The minimum absolute atomic E-state index is 0.0770. The Morgan fingerprint density at radius 3 is 2.87 bits per heavy atom. The second kappa shape index (κ2) is 8.11. The Bertz CT molecular complexity index is 684. The van der Waals surface area contributed by atoms with E-state index in [1.807, 2.05) is 0 Å². The molecule has 0 saturated heterocycles. The first kappa shape index (κ1) is 16.7. The molecule has 2 rings (SSSR count). The summed E-state index contributed by atoms with van der Waals surface area (Å²) in [7, 11) is 1.25. The van der Waals surface area contributed by atoms with Gasteiger partial charge in [0.15, 0.2) is 0 Å². The Balaban J connectivity index is 1.98. The number of hydrogen-bond acceptors (Lipinski definition) is 7. The zero-order valence-corrected chi connectivity index (χ0v) is 12.5. The molecule has 9 nitrogen and oxygen atoms in total. The van der Waals surface area contributed by atoms with Crippen molar-refractivity contribution in [3.8, 4) is 0 Å². The third-order valence-electron chi connectivity index (χ3n) is 2.82. The maximum atomic E-state index is 11.9. The predicted octanol–water partition coefficient (Wildman–Crippen LogP) is 0.907. The molecule has 0 aliphatic rings. The number of amides is 1. The number of nitrogens with zero attached hydrogens (tertiary/aromatic N) is 1. The monoisotopic (exact) mass is 323 g/mol. The first-order valence-electron chi connectivity index (χ1n) is 6.84. The topological polar surface area (TPSA) is 123 Å². The zero-order chi connectivity index (χ0) is 16.7. The Labute approximate surface area is 131 Å². The van der Waals surface area contributed by atoms with E-state index in [2.05, 4.69) is 20.0 Å². The second-order valence-corrected chi connectivity index (χ2v) is 4.41. The van der Waals surface area contributed by atoms with E-state index in [-0.39, 0.29) is 32.4 Å². The number of hydrogen-bond donors (Lipinski definition) is 3. The molecule has 0 unspecified atom stereocenters. The fraction of sp³-hybridized carbons (Fsp3) is 0.357. The number of benzene rings is 1. The number of imidazole rings is 1. The van der Waals surface area contributed by atoms with Crippen molar-refractivity contribution in [2.75, 3.05) is 38.9 Å². The minimum atomic E-state index is -0.647. The summed E-state index contributed by atoms with van der Waals surface area (Å²) >= 11 is 0. The number of carbonyl (C=O) groups excluding carboxylic acids is 2. The standard InChI is InChI=1S/C14H17N3O6/c1-21-14(20)17-13-15-10-3-2-9(8-11(10)16-13)12(19)23-7-6-22-5-4-18/h2-3,8,18H,4-7H2,1H3,(H2,15,16,17,20). The summed E-state index contributed by atoms with van der Waals surface area (Å²) in [6, 6.07) is 4.77. The van der Waals surface area contributed by atoms with Crippen molar-refractivity contribution in [1.82, 2.24) is 9.97 Å². The van der Waals surface area contributed by atoms with E-state index in [0.717, 1.165) is 0 Å². The van der Waals surface area contributed by atoms with Crippen molar-refractivity contribution in [1.29, 1.82) is 0 Å². The van der Waals surface area contributed by atoms with Crippen LogP contribution in [-0.2, 0) is 14.2 Å². The molecular weight excluding hydrogens is 306 g/mol. The van der Waals surface area contributed by atoms with E-state index in [1.165, 1.54) is 7.11 Å². The molecule has 124 valence electrons. The molecule has 1 aromatic carbocycles. The summed E-state index contributed by atoms with van der Waals surface area (Å²) in [4.78, 5) is 30.0. The fourth-order valence-corrected chi connectivity index (χ4v) is 1.79. The summed E-state index contributed by atoms with van der Waals surface area (Å²) in [6.07, 6.45) is -0.647. The van der Waals surface area contributed by atoms with Gasteiger partial charge >= 0.3 is 12.1 Å². The van der Waals surface area contributed by atoms with Gasteiger partial charge in [-0.25, -0.2) is 14.6 Å². The van der Waals surface area contributed by atoms with Crippen LogP contribution < -0.4 is 5.32 Å². The van der Waals surface area contributed by atoms with Gasteiger partial charge in [-0.05, 0) is 18.2 Å². The highest BCUT2D eigenvalue weighted by Gasteiger charge is 2.11. The van der Waals surface area contributed by atoms with Crippen molar-refractivity contribution < 1.29 is 28.9 Å². The van der Waals surface area contributed by atoms with E-state index in [9.17, 15) is 9.59 Å². The zero-order valence-electron chi connectivity index (χ0n) is 12.5. The molecular formula is C14H17N3O6. The van der Waals surface area contributed by atoms with Crippen molar-refractivity contribution in [3.63, 3.8) is 0 Å². The average Bonchev–Trinajstić information content (AvgIpc) is 2.95. The van der Waals surface area contributed by atoms with Gasteiger partial charge in [0.05, 0.1) is 43.5 Å². The summed E-state index contributed by atoms with van der Waals surface area (Å²) < 4.78 is 14.5. The largest absolute Gasteiger partial charge is 0.460 e. The van der Waals surface area contributed by atoms with Crippen LogP contribution in [0.15, 0.2) is 18.2 Å². The molecule has 1 heterocycles. The molecule has 1 aromatic heterocycles. The molecule has 0 bridgehead atoms. The van der Waals surface area contributed by atoms with Crippen molar-refractivity contribution in [2.45, 2.75) is 0 Å². The van der Waals surface area contributed by atoms with Crippen LogP contribution in [0.1, 0.15) is 10.4 Å². The van der Waals surface area contributed by atoms with E-state index < -0.39 is 12.1 Å². The number of nitrogens with one attached hydrogen (secondary N) is 2. The molecule has 23 heavy (non-hydrogen) atoms. The molecule has 1 amide bonds. The quantitative estimate of drug-likeness (QED) is 0.511. The van der Waals surface area contributed by atoms with Crippen LogP contribution in [0.5, 0.6) is 0 Å². The van der Waals surface area contributed by atoms with Crippen LogP contribution in [0, 0.1) is 0 Å². The summed E-state index contributed by atoms with van der Waals surface area (Å²) in [5.41, 5.74) is 1.49. The van der Waals surface area contributed by atoms with Gasteiger partial charge in [0.25, 0.3) is 0 Å². The van der Waals surface area contributed by atoms with Crippen LogP contribution in [0.4, 0.5) is 10.7 Å². The number of H-pyrrole nitrogens is 1. The van der Waals surface area contributed by atoms with Crippen LogP contribution in [-0.4, -0.2) is 60.7 Å². The van der Waals surface area contributed by atoms with Gasteiger partial charge in [0.2, 0.25) is 5.95 Å². The number of aliphatic hydroxyl groups is 1. The van der Waals surface area contributed by atoms with Crippen molar-refractivity contribution >= 4 is 29.0 Å². The molecule has 3 N–H and O–H groups in total. The smallest absolute Gasteiger partial charge is 0.413 e. The van der Waals surface area contributed by atoms with Gasteiger partial charge < -0.3 is 24.3 Å². The number of anilines is 1. The molecule has 0 aliphatic heterocycles. The lowest BCUT2D eigenvalue weighted by molar-refractivity contribution is 0.0258. The number of fused-ring (bicyclic) bond motifs is 1. The lowest BCUT2D eigenvalue weighted by atomic mass is 10.2. The number of ether oxygens (including phenoxy) is 3. The van der Waals surface area contributed by atoms with Crippen molar-refractivity contribution in [2.24, 2.45) is 0 Å². The SMILES string of the molecule is COC(=O)Nc1nc2ccc(C(=O)OCCOCCO)cc2[nH]1. The van der Waals surface area contributed by atoms with Crippen LogP contribution in [0.2, 0.25) is 0 Å². The molecule has 2 aromatic rings. The number of aromatic amines is 1. The van der Waals surface area contributed by atoms with Gasteiger partial charge in [-0.2, -0.15) is 0 Å². The molecule has 0 aliphatic carbocycles.